The van der Waals surface area contributed by atoms with Crippen LogP contribution in [0.4, 0.5) is 11.8 Å². The Bertz CT molecular complexity index is 328. The normalized spacial score (nSPS) is 18.1. The molecule has 0 spiro atoms. The molecular weight excluding hydrogens is 224 g/mol. The van der Waals surface area contributed by atoms with Crippen LogP contribution in [0.3, 0.4) is 0 Å². The van der Waals surface area contributed by atoms with Gasteiger partial charge in [0.1, 0.15) is 11.0 Å². The second-order valence-corrected chi connectivity index (χ2v) is 4.65. The molecule has 5 heteroatoms. The first-order chi connectivity index (χ1) is 7.74. The highest BCUT2D eigenvalue weighted by Gasteiger charge is 2.12. The molecule has 0 amide bonds. The zero-order chi connectivity index (χ0) is 11.4. The molecule has 3 N–H and O–H groups in total. The third kappa shape index (κ3) is 3.23. The largest absolute Gasteiger partial charge is 0.368 e. The third-order valence-corrected chi connectivity index (χ3v) is 3.11. The van der Waals surface area contributed by atoms with Crippen molar-refractivity contribution < 1.29 is 0 Å². The Kier molecular flexibility index (Phi) is 3.83. The minimum atomic E-state index is 0.226. The van der Waals surface area contributed by atoms with Crippen LogP contribution in [0.25, 0.3) is 0 Å². The maximum absolute atomic E-state index is 5.83. The monoisotopic (exact) mass is 240 g/mol. The van der Waals surface area contributed by atoms with Crippen LogP contribution >= 0.6 is 11.6 Å². The second-order valence-electron chi connectivity index (χ2n) is 4.27. The van der Waals surface area contributed by atoms with Crippen molar-refractivity contribution in [2.75, 3.05) is 11.1 Å². The third-order valence-electron chi connectivity index (χ3n) is 2.92. The van der Waals surface area contributed by atoms with Crippen molar-refractivity contribution in [3.8, 4) is 0 Å². The van der Waals surface area contributed by atoms with E-state index in [2.05, 4.69) is 15.3 Å². The summed E-state index contributed by atoms with van der Waals surface area (Å²) in [6.45, 7) is 0. The van der Waals surface area contributed by atoms with E-state index in [1.165, 1.54) is 38.5 Å². The fourth-order valence-corrected chi connectivity index (χ4v) is 2.33. The van der Waals surface area contributed by atoms with Crippen molar-refractivity contribution >= 4 is 23.4 Å². The molecule has 1 aromatic heterocycles. The average Bonchev–Trinajstić information content (AvgIpc) is 2.44. The van der Waals surface area contributed by atoms with Gasteiger partial charge >= 0.3 is 0 Å². The molecule has 2 rings (SSSR count). The van der Waals surface area contributed by atoms with Crippen LogP contribution in [-0.2, 0) is 0 Å². The number of nitrogens with zero attached hydrogens (tertiary/aromatic N) is 2. The number of nitrogens with two attached hydrogens (primary N) is 1. The summed E-state index contributed by atoms with van der Waals surface area (Å²) in [5, 5.41) is 3.78. The predicted molar refractivity (Wildman–Crippen MR) is 66.6 cm³/mol. The van der Waals surface area contributed by atoms with Crippen molar-refractivity contribution in [1.29, 1.82) is 0 Å². The van der Waals surface area contributed by atoms with Gasteiger partial charge in [-0.05, 0) is 12.8 Å². The van der Waals surface area contributed by atoms with Crippen LogP contribution in [-0.4, -0.2) is 16.0 Å². The number of nitrogen functional groups attached to an aromatic ring is 1. The number of rotatable bonds is 2. The van der Waals surface area contributed by atoms with Crippen molar-refractivity contribution in [2.24, 2.45) is 0 Å². The SMILES string of the molecule is Nc1nc(Cl)cc(NC2CCCCCC2)n1. The Morgan fingerprint density at radius 1 is 1.19 bits per heavy atom. The van der Waals surface area contributed by atoms with Gasteiger partial charge in [-0.2, -0.15) is 4.98 Å². The first-order valence-corrected chi connectivity index (χ1v) is 6.18. The number of anilines is 2. The number of hydrogen-bond donors (Lipinski definition) is 2. The molecule has 1 aliphatic rings. The summed E-state index contributed by atoms with van der Waals surface area (Å²) in [4.78, 5) is 7.97. The lowest BCUT2D eigenvalue weighted by molar-refractivity contribution is 0.617. The van der Waals surface area contributed by atoms with E-state index in [-0.39, 0.29) is 5.95 Å². The zero-order valence-electron chi connectivity index (χ0n) is 9.25. The van der Waals surface area contributed by atoms with Gasteiger partial charge in [-0.15, -0.1) is 0 Å². The molecule has 0 aromatic carbocycles. The van der Waals surface area contributed by atoms with Gasteiger partial charge in [0.25, 0.3) is 0 Å². The Morgan fingerprint density at radius 3 is 2.50 bits per heavy atom. The molecule has 0 radical (unpaired) electrons. The summed E-state index contributed by atoms with van der Waals surface area (Å²) in [5.74, 6) is 0.966. The molecule has 0 aliphatic heterocycles. The fraction of sp³-hybridized carbons (Fsp3) is 0.636. The molecule has 0 bridgehead atoms. The van der Waals surface area contributed by atoms with Gasteiger partial charge in [0.2, 0.25) is 5.95 Å². The zero-order valence-corrected chi connectivity index (χ0v) is 10.0. The van der Waals surface area contributed by atoms with E-state index in [9.17, 15) is 0 Å². The molecule has 1 fully saturated rings. The highest BCUT2D eigenvalue weighted by Crippen LogP contribution is 2.21. The van der Waals surface area contributed by atoms with Crippen LogP contribution in [0.1, 0.15) is 38.5 Å². The van der Waals surface area contributed by atoms with E-state index in [0.29, 0.717) is 11.2 Å². The number of aromatic nitrogens is 2. The van der Waals surface area contributed by atoms with Gasteiger partial charge in [-0.25, -0.2) is 4.98 Å². The van der Waals surface area contributed by atoms with E-state index in [1.54, 1.807) is 6.07 Å². The summed E-state index contributed by atoms with van der Waals surface area (Å²) >= 11 is 5.83. The van der Waals surface area contributed by atoms with Gasteiger partial charge in [-0.3, -0.25) is 0 Å². The van der Waals surface area contributed by atoms with Crippen molar-refractivity contribution in [3.05, 3.63) is 11.2 Å². The molecule has 16 heavy (non-hydrogen) atoms. The Balaban J connectivity index is 2.01. The first-order valence-electron chi connectivity index (χ1n) is 5.80. The lowest BCUT2D eigenvalue weighted by Gasteiger charge is -2.16. The lowest BCUT2D eigenvalue weighted by atomic mass is 10.1. The van der Waals surface area contributed by atoms with E-state index in [1.807, 2.05) is 0 Å². The first kappa shape index (κ1) is 11.5. The highest BCUT2D eigenvalue weighted by molar-refractivity contribution is 6.29. The maximum atomic E-state index is 5.83. The minimum Gasteiger partial charge on any atom is -0.368 e. The molecule has 0 saturated heterocycles. The minimum absolute atomic E-state index is 0.226. The van der Waals surface area contributed by atoms with Gasteiger partial charge in [0.05, 0.1) is 0 Å². The van der Waals surface area contributed by atoms with Gasteiger partial charge in [0, 0.05) is 12.1 Å². The van der Waals surface area contributed by atoms with Crippen LogP contribution in [0, 0.1) is 0 Å². The number of hydrogen-bond acceptors (Lipinski definition) is 4. The molecule has 1 saturated carbocycles. The molecule has 1 aliphatic carbocycles. The van der Waals surface area contributed by atoms with E-state index in [4.69, 9.17) is 17.3 Å². The smallest absolute Gasteiger partial charge is 0.223 e. The lowest BCUT2D eigenvalue weighted by Crippen LogP contribution is -2.19. The predicted octanol–water partition coefficient (Wildman–Crippen LogP) is 2.85. The van der Waals surface area contributed by atoms with Crippen molar-refractivity contribution in [2.45, 2.75) is 44.6 Å². The van der Waals surface area contributed by atoms with Crippen LogP contribution in [0.5, 0.6) is 0 Å². The van der Waals surface area contributed by atoms with Gasteiger partial charge < -0.3 is 11.1 Å². The Morgan fingerprint density at radius 2 is 1.88 bits per heavy atom. The topological polar surface area (TPSA) is 63.8 Å². The Hall–Kier alpha value is -1.03. The Labute approximate surface area is 101 Å². The maximum Gasteiger partial charge on any atom is 0.223 e. The summed E-state index contributed by atoms with van der Waals surface area (Å²) < 4.78 is 0. The molecule has 0 atom stereocenters. The number of nitrogens with one attached hydrogen (secondary N) is 1. The summed E-state index contributed by atoms with van der Waals surface area (Å²) in [7, 11) is 0. The van der Waals surface area contributed by atoms with E-state index >= 15 is 0 Å². The summed E-state index contributed by atoms with van der Waals surface area (Å²) in [6.07, 6.45) is 7.64. The van der Waals surface area contributed by atoms with Crippen LogP contribution in [0.15, 0.2) is 6.07 Å². The number of halogens is 1. The summed E-state index contributed by atoms with van der Waals surface area (Å²) in [6, 6.07) is 2.22. The van der Waals surface area contributed by atoms with E-state index < -0.39 is 0 Å². The van der Waals surface area contributed by atoms with Crippen molar-refractivity contribution in [3.63, 3.8) is 0 Å². The van der Waals surface area contributed by atoms with Crippen LogP contribution < -0.4 is 11.1 Å². The summed E-state index contributed by atoms with van der Waals surface area (Å²) in [5.41, 5.74) is 5.55. The molecule has 1 heterocycles. The van der Waals surface area contributed by atoms with Gasteiger partial charge in [-0.1, -0.05) is 37.3 Å². The van der Waals surface area contributed by atoms with Gasteiger partial charge in [0.15, 0.2) is 0 Å². The van der Waals surface area contributed by atoms with E-state index in [0.717, 1.165) is 5.82 Å². The second kappa shape index (κ2) is 5.34. The molecular formula is C11H17ClN4. The molecule has 4 nitrogen and oxygen atoms in total. The fourth-order valence-electron chi connectivity index (χ4n) is 2.14. The molecule has 1 aromatic rings. The standard InChI is InChI=1S/C11H17ClN4/c12-9-7-10(16-11(13)15-9)14-8-5-3-1-2-4-6-8/h7-8H,1-6H2,(H3,13,14,15,16). The molecule has 88 valence electrons. The van der Waals surface area contributed by atoms with Crippen molar-refractivity contribution in [1.82, 2.24) is 9.97 Å². The average molecular weight is 241 g/mol. The highest BCUT2D eigenvalue weighted by atomic mass is 35.5. The van der Waals surface area contributed by atoms with Crippen LogP contribution in [0.2, 0.25) is 5.15 Å². The quantitative estimate of drug-likeness (QED) is 0.616. The molecule has 0 unspecified atom stereocenters.